The maximum atomic E-state index is 14.3. The number of halogens is 1. The molecule has 2 aliphatic rings. The van der Waals surface area contributed by atoms with E-state index in [-0.39, 0.29) is 4.75 Å². The van der Waals surface area contributed by atoms with E-state index in [1.54, 1.807) is 32.5 Å². The molecular weight excluding hydrogens is 355 g/mol. The predicted molar refractivity (Wildman–Crippen MR) is 100 cm³/mol. The second-order valence-electron chi connectivity index (χ2n) is 7.68. The van der Waals surface area contributed by atoms with Crippen molar-refractivity contribution in [3.05, 3.63) is 35.1 Å². The molecular formula is C19H23FN2O3S. The second-order valence-corrected chi connectivity index (χ2v) is 9.08. The molecule has 1 amide bonds. The van der Waals surface area contributed by atoms with Crippen LogP contribution in [0.1, 0.15) is 62.0 Å². The molecule has 1 spiro atoms. The van der Waals surface area contributed by atoms with Gasteiger partial charge in [-0.05, 0) is 58.2 Å². The molecule has 26 heavy (non-hydrogen) atoms. The first-order valence-corrected chi connectivity index (χ1v) is 9.68. The lowest BCUT2D eigenvalue weighted by atomic mass is 9.82. The Labute approximate surface area is 156 Å². The third kappa shape index (κ3) is 3.92. The van der Waals surface area contributed by atoms with Gasteiger partial charge in [0.25, 0.3) is 0 Å². The van der Waals surface area contributed by atoms with Crippen molar-refractivity contribution in [3.63, 3.8) is 0 Å². The number of nitrogens with one attached hydrogen (secondary N) is 1. The number of benzene rings is 1. The first-order chi connectivity index (χ1) is 12.2. The van der Waals surface area contributed by atoms with Gasteiger partial charge in [0.05, 0.1) is 10.8 Å². The summed E-state index contributed by atoms with van der Waals surface area (Å²) >= 11 is 1.69. The molecule has 5 nitrogen and oxygen atoms in total. The fourth-order valence-corrected chi connectivity index (χ4v) is 4.64. The number of ether oxygens (including phenoxy) is 1. The summed E-state index contributed by atoms with van der Waals surface area (Å²) in [6.07, 6.45) is 3.06. The van der Waals surface area contributed by atoms with Crippen LogP contribution in [0.25, 0.3) is 0 Å². The normalized spacial score (nSPS) is 21.5. The van der Waals surface area contributed by atoms with E-state index in [0.29, 0.717) is 29.0 Å². The van der Waals surface area contributed by atoms with E-state index in [1.807, 2.05) is 0 Å². The van der Waals surface area contributed by atoms with Crippen molar-refractivity contribution >= 4 is 30.0 Å². The van der Waals surface area contributed by atoms with Gasteiger partial charge in [-0.1, -0.05) is 0 Å². The molecule has 1 saturated carbocycles. The number of nitrogens with zero attached hydrogens (tertiary/aromatic N) is 1. The molecule has 1 aliphatic heterocycles. The fraction of sp³-hybridized carbons (Fsp3) is 0.526. The molecule has 1 fully saturated rings. The number of rotatable bonds is 2. The Morgan fingerprint density at radius 1 is 1.42 bits per heavy atom. The number of thioether (sulfide) groups is 1. The van der Waals surface area contributed by atoms with Crippen LogP contribution in [0.15, 0.2) is 23.2 Å². The molecule has 1 aliphatic carbocycles. The standard InChI is InChI=1S/C19H23FN2O3S/c1-18(2,3)25-17(24)22-16-19(7-4-8-19)26-11-15(21-16)13-9-12(10-23)5-6-14(13)20/h5-6,9-10,15H,4,7-8,11H2,1-3H3,(H,21,22,24). The summed E-state index contributed by atoms with van der Waals surface area (Å²) in [5.74, 6) is 0.764. The number of aldehydes is 1. The highest BCUT2D eigenvalue weighted by Crippen LogP contribution is 2.49. The maximum absolute atomic E-state index is 14.3. The first-order valence-electron chi connectivity index (χ1n) is 8.69. The van der Waals surface area contributed by atoms with E-state index >= 15 is 0 Å². The Bertz CT molecular complexity index is 754. The second kappa shape index (κ2) is 7.02. The molecule has 1 aromatic carbocycles. The molecule has 0 bridgehead atoms. The molecule has 0 radical (unpaired) electrons. The minimum absolute atomic E-state index is 0.216. The Morgan fingerprint density at radius 2 is 2.15 bits per heavy atom. The van der Waals surface area contributed by atoms with Gasteiger partial charge in [-0.3, -0.25) is 15.1 Å². The predicted octanol–water partition coefficient (Wildman–Crippen LogP) is 4.27. The van der Waals surface area contributed by atoms with Crippen molar-refractivity contribution in [1.29, 1.82) is 0 Å². The van der Waals surface area contributed by atoms with Gasteiger partial charge < -0.3 is 4.74 Å². The zero-order valence-electron chi connectivity index (χ0n) is 15.2. The fourth-order valence-electron chi connectivity index (χ4n) is 3.09. The topological polar surface area (TPSA) is 67.8 Å². The lowest BCUT2D eigenvalue weighted by Gasteiger charge is -2.45. The summed E-state index contributed by atoms with van der Waals surface area (Å²) in [7, 11) is 0. The van der Waals surface area contributed by atoms with Crippen molar-refractivity contribution in [2.24, 2.45) is 4.99 Å². The summed E-state index contributed by atoms with van der Waals surface area (Å²) in [4.78, 5) is 27.9. The highest BCUT2D eigenvalue weighted by molar-refractivity contribution is 8.01. The molecule has 1 aromatic rings. The van der Waals surface area contributed by atoms with E-state index in [0.717, 1.165) is 19.3 Å². The van der Waals surface area contributed by atoms with Gasteiger partial charge in [0.15, 0.2) is 0 Å². The van der Waals surface area contributed by atoms with E-state index < -0.39 is 23.6 Å². The van der Waals surface area contributed by atoms with E-state index in [9.17, 15) is 14.0 Å². The van der Waals surface area contributed by atoms with Crippen LogP contribution < -0.4 is 5.32 Å². The van der Waals surface area contributed by atoms with Crippen LogP contribution in [0.4, 0.5) is 9.18 Å². The number of carbonyl (C=O) groups is 2. The summed E-state index contributed by atoms with van der Waals surface area (Å²) < 4.78 is 19.4. The van der Waals surface area contributed by atoms with Crippen molar-refractivity contribution in [1.82, 2.24) is 5.32 Å². The first kappa shape index (κ1) is 18.9. The summed E-state index contributed by atoms with van der Waals surface area (Å²) in [6.45, 7) is 5.39. The average Bonchev–Trinajstić information content (AvgIpc) is 2.52. The van der Waals surface area contributed by atoms with Gasteiger partial charge in [-0.25, -0.2) is 9.18 Å². The van der Waals surface area contributed by atoms with Crippen LogP contribution in [0.2, 0.25) is 0 Å². The third-order valence-electron chi connectivity index (χ3n) is 4.53. The van der Waals surface area contributed by atoms with Crippen molar-refractivity contribution < 1.29 is 18.7 Å². The molecule has 1 N–H and O–H groups in total. The van der Waals surface area contributed by atoms with Crippen molar-refractivity contribution in [2.75, 3.05) is 5.75 Å². The maximum Gasteiger partial charge on any atom is 0.413 e. The smallest absolute Gasteiger partial charge is 0.413 e. The quantitative estimate of drug-likeness (QED) is 0.781. The van der Waals surface area contributed by atoms with Gasteiger partial charge in [-0.15, -0.1) is 11.8 Å². The van der Waals surface area contributed by atoms with Crippen LogP contribution in [-0.4, -0.2) is 34.3 Å². The number of alkyl carbamates (subject to hydrolysis) is 1. The lowest BCUT2D eigenvalue weighted by molar-refractivity contribution is 0.0559. The number of amides is 1. The number of hydrogen-bond acceptors (Lipinski definition) is 5. The van der Waals surface area contributed by atoms with Crippen molar-refractivity contribution in [3.8, 4) is 0 Å². The van der Waals surface area contributed by atoms with Gasteiger partial charge in [0.2, 0.25) is 0 Å². The third-order valence-corrected chi connectivity index (χ3v) is 6.17. The molecule has 3 rings (SSSR count). The molecule has 1 unspecified atom stereocenters. The van der Waals surface area contributed by atoms with Gasteiger partial charge in [0, 0.05) is 16.9 Å². The highest BCUT2D eigenvalue weighted by atomic mass is 32.2. The molecule has 140 valence electrons. The number of hydrogen-bond donors (Lipinski definition) is 1. The lowest BCUT2D eigenvalue weighted by Crippen LogP contribution is -2.54. The Morgan fingerprint density at radius 3 is 2.73 bits per heavy atom. The zero-order chi connectivity index (χ0) is 18.9. The molecule has 0 saturated heterocycles. The Kier molecular flexibility index (Phi) is 5.10. The van der Waals surface area contributed by atoms with E-state index in [1.165, 1.54) is 18.2 Å². The summed E-state index contributed by atoms with van der Waals surface area (Å²) in [5.41, 5.74) is 0.176. The zero-order valence-corrected chi connectivity index (χ0v) is 16.0. The molecule has 1 atom stereocenters. The van der Waals surface area contributed by atoms with E-state index in [4.69, 9.17) is 4.74 Å². The van der Waals surface area contributed by atoms with Crippen LogP contribution in [0, 0.1) is 5.82 Å². The van der Waals surface area contributed by atoms with Crippen LogP contribution in [0.5, 0.6) is 0 Å². The monoisotopic (exact) mass is 378 g/mol. The van der Waals surface area contributed by atoms with Crippen LogP contribution in [0.3, 0.4) is 0 Å². The minimum atomic E-state index is -0.608. The highest BCUT2D eigenvalue weighted by Gasteiger charge is 2.47. The Hall–Kier alpha value is -1.89. The van der Waals surface area contributed by atoms with Gasteiger partial charge in [-0.2, -0.15) is 0 Å². The average molecular weight is 378 g/mol. The molecule has 7 heteroatoms. The van der Waals surface area contributed by atoms with Crippen LogP contribution in [-0.2, 0) is 4.74 Å². The summed E-state index contributed by atoms with van der Waals surface area (Å²) in [6, 6.07) is 3.81. The number of aliphatic imine (C=N–C) groups is 1. The Balaban J connectivity index is 1.88. The molecule has 1 heterocycles. The number of amidine groups is 1. The largest absolute Gasteiger partial charge is 0.444 e. The number of carbonyl (C=O) groups excluding carboxylic acids is 2. The molecule has 0 aromatic heterocycles. The van der Waals surface area contributed by atoms with Crippen molar-refractivity contribution in [2.45, 2.75) is 56.4 Å². The van der Waals surface area contributed by atoms with Crippen LogP contribution >= 0.6 is 11.8 Å². The van der Waals surface area contributed by atoms with E-state index in [2.05, 4.69) is 10.3 Å². The van der Waals surface area contributed by atoms with Gasteiger partial charge in [0.1, 0.15) is 23.5 Å². The SMILES string of the molecule is CC(C)(C)OC(=O)NC1=NC(c2cc(C=O)ccc2F)CSC12CCC2. The summed E-state index contributed by atoms with van der Waals surface area (Å²) in [5, 5.41) is 2.79. The van der Waals surface area contributed by atoms with Gasteiger partial charge >= 0.3 is 6.09 Å². The minimum Gasteiger partial charge on any atom is -0.444 e.